The van der Waals surface area contributed by atoms with E-state index >= 15 is 0 Å². The van der Waals surface area contributed by atoms with Gasteiger partial charge in [0, 0.05) is 25.8 Å². The summed E-state index contributed by atoms with van der Waals surface area (Å²) in [6.45, 7) is 1.45. The Hall–Kier alpha value is -1.66. The number of rotatable bonds is 6. The van der Waals surface area contributed by atoms with Crippen LogP contribution in [0.5, 0.6) is 0 Å². The largest absolute Gasteiger partial charge is 0.375 e. The van der Waals surface area contributed by atoms with E-state index in [1.165, 1.54) is 0 Å². The maximum Gasteiger partial charge on any atom is 0.282 e. The molecule has 2 aromatic rings. The second kappa shape index (κ2) is 7.21. The summed E-state index contributed by atoms with van der Waals surface area (Å²) in [5.41, 5.74) is 1.16. The second-order valence-corrected chi connectivity index (χ2v) is 5.79. The Balaban J connectivity index is 1.70. The molecule has 0 radical (unpaired) electrons. The topological polar surface area (TPSA) is 58.1 Å². The van der Waals surface area contributed by atoms with Crippen LogP contribution < -0.4 is 10.2 Å². The van der Waals surface area contributed by atoms with Crippen molar-refractivity contribution in [3.05, 3.63) is 39.8 Å². The molecule has 106 valence electrons. The van der Waals surface area contributed by atoms with Gasteiger partial charge < -0.3 is 10.2 Å². The Labute approximate surface area is 126 Å². The van der Waals surface area contributed by atoms with E-state index in [9.17, 15) is 4.79 Å². The quantitative estimate of drug-likeness (QED) is 0.833. The number of nitrogens with one attached hydrogen (secondary N) is 1. The van der Waals surface area contributed by atoms with Crippen LogP contribution in [0, 0.1) is 0 Å². The Morgan fingerprint density at radius 1 is 1.35 bits per heavy atom. The van der Waals surface area contributed by atoms with Crippen molar-refractivity contribution >= 4 is 34.5 Å². The number of carbonyl (C=O) groups excluding carboxylic acids is 1. The molecule has 20 heavy (non-hydrogen) atoms. The van der Waals surface area contributed by atoms with Crippen molar-refractivity contribution in [1.29, 1.82) is 0 Å². The normalized spacial score (nSPS) is 10.3. The zero-order valence-corrected chi connectivity index (χ0v) is 12.6. The van der Waals surface area contributed by atoms with E-state index in [4.69, 9.17) is 11.6 Å². The summed E-state index contributed by atoms with van der Waals surface area (Å²) in [6.07, 6.45) is 0.851. The van der Waals surface area contributed by atoms with E-state index in [0.29, 0.717) is 11.6 Å². The van der Waals surface area contributed by atoms with E-state index in [1.807, 2.05) is 25.2 Å². The van der Waals surface area contributed by atoms with E-state index in [-0.39, 0.29) is 10.4 Å². The Morgan fingerprint density at radius 2 is 2.10 bits per heavy atom. The fourth-order valence-electron chi connectivity index (χ4n) is 1.70. The average molecular weight is 311 g/mol. The van der Waals surface area contributed by atoms with Gasteiger partial charge in [0.25, 0.3) is 5.91 Å². The third-order valence-corrected chi connectivity index (χ3v) is 3.76. The maximum atomic E-state index is 11.7. The molecule has 1 aromatic carbocycles. The van der Waals surface area contributed by atoms with Gasteiger partial charge in [-0.2, -0.15) is 0 Å². The number of benzene rings is 1. The van der Waals surface area contributed by atoms with E-state index in [2.05, 4.69) is 32.5 Å². The van der Waals surface area contributed by atoms with E-state index in [0.717, 1.165) is 30.0 Å². The average Bonchev–Trinajstić information content (AvgIpc) is 2.91. The molecule has 0 aliphatic rings. The number of halogens is 1. The van der Waals surface area contributed by atoms with Crippen LogP contribution in [0.1, 0.15) is 16.2 Å². The molecule has 0 aliphatic heterocycles. The van der Waals surface area contributed by atoms with Crippen molar-refractivity contribution in [2.75, 3.05) is 25.0 Å². The highest BCUT2D eigenvalue weighted by molar-refractivity contribution is 7.17. The molecule has 2 rings (SSSR count). The van der Waals surface area contributed by atoms with Crippen LogP contribution in [-0.4, -0.2) is 36.2 Å². The van der Waals surface area contributed by atoms with Gasteiger partial charge in [-0.25, -0.2) is 0 Å². The van der Waals surface area contributed by atoms with Crippen LogP contribution in [0.3, 0.4) is 0 Å². The summed E-state index contributed by atoms with van der Waals surface area (Å²) < 4.78 is 0.277. The van der Waals surface area contributed by atoms with Gasteiger partial charge in [-0.1, -0.05) is 29.5 Å². The molecule has 0 atom stereocenters. The standard InChI is InChI=1S/C13H15ClN4OS/c1-18(10-6-3-2-4-7-10)9-5-8-15-11(19)12-16-17-13(14)20-12/h2-4,6-7H,5,8-9H2,1H3,(H,15,19). The molecule has 7 heteroatoms. The minimum Gasteiger partial charge on any atom is -0.375 e. The van der Waals surface area contributed by atoms with Gasteiger partial charge in [0.05, 0.1) is 0 Å². The summed E-state index contributed by atoms with van der Waals surface area (Å²) in [4.78, 5) is 13.8. The molecule has 0 fully saturated rings. The van der Waals surface area contributed by atoms with Crippen molar-refractivity contribution in [3.8, 4) is 0 Å². The Bertz CT molecular complexity index is 561. The Morgan fingerprint density at radius 3 is 2.75 bits per heavy atom. The lowest BCUT2D eigenvalue weighted by Gasteiger charge is -2.19. The van der Waals surface area contributed by atoms with Crippen molar-refractivity contribution in [1.82, 2.24) is 15.5 Å². The first-order valence-electron chi connectivity index (χ1n) is 6.20. The maximum absolute atomic E-state index is 11.7. The van der Waals surface area contributed by atoms with Gasteiger partial charge in [0.1, 0.15) is 0 Å². The molecule has 1 aromatic heterocycles. The molecule has 0 saturated carbocycles. The SMILES string of the molecule is CN(CCCNC(=O)c1nnc(Cl)s1)c1ccccc1. The lowest BCUT2D eigenvalue weighted by Crippen LogP contribution is -2.28. The lowest BCUT2D eigenvalue weighted by molar-refractivity contribution is 0.0952. The molecule has 1 heterocycles. The van der Waals surface area contributed by atoms with Crippen LogP contribution >= 0.6 is 22.9 Å². The van der Waals surface area contributed by atoms with Gasteiger partial charge in [-0.15, -0.1) is 10.2 Å². The fraction of sp³-hybridized carbons (Fsp3) is 0.308. The van der Waals surface area contributed by atoms with Crippen molar-refractivity contribution in [3.63, 3.8) is 0 Å². The molecule has 1 N–H and O–H groups in total. The van der Waals surface area contributed by atoms with Crippen LogP contribution in [0.2, 0.25) is 4.47 Å². The van der Waals surface area contributed by atoms with Crippen LogP contribution in [0.25, 0.3) is 0 Å². The monoisotopic (exact) mass is 310 g/mol. The van der Waals surface area contributed by atoms with Gasteiger partial charge in [-0.3, -0.25) is 4.79 Å². The number of carbonyl (C=O) groups is 1. The number of nitrogens with zero attached hydrogens (tertiary/aromatic N) is 3. The highest BCUT2D eigenvalue weighted by Crippen LogP contribution is 2.14. The van der Waals surface area contributed by atoms with Gasteiger partial charge in [-0.05, 0) is 30.2 Å². The summed E-state index contributed by atoms with van der Waals surface area (Å²) in [7, 11) is 2.03. The predicted molar refractivity (Wildman–Crippen MR) is 81.6 cm³/mol. The van der Waals surface area contributed by atoms with Crippen molar-refractivity contribution in [2.45, 2.75) is 6.42 Å². The molecule has 5 nitrogen and oxygen atoms in total. The molecule has 0 saturated heterocycles. The Kier molecular flexibility index (Phi) is 5.31. The minimum absolute atomic E-state index is 0.225. The summed E-state index contributed by atoms with van der Waals surface area (Å²) in [5, 5.41) is 10.4. The first kappa shape index (κ1) is 14.7. The zero-order valence-electron chi connectivity index (χ0n) is 11.0. The van der Waals surface area contributed by atoms with E-state index < -0.39 is 0 Å². The number of anilines is 1. The number of hydrogen-bond acceptors (Lipinski definition) is 5. The third kappa shape index (κ3) is 4.18. The summed E-state index contributed by atoms with van der Waals surface area (Å²) in [6, 6.07) is 10.1. The first-order valence-corrected chi connectivity index (χ1v) is 7.39. The molecule has 0 bridgehead atoms. The minimum atomic E-state index is -0.225. The van der Waals surface area contributed by atoms with Crippen LogP contribution in [-0.2, 0) is 0 Å². The van der Waals surface area contributed by atoms with E-state index in [1.54, 1.807) is 0 Å². The van der Waals surface area contributed by atoms with Gasteiger partial charge in [0.2, 0.25) is 9.47 Å². The molecule has 0 aliphatic carbocycles. The highest BCUT2D eigenvalue weighted by atomic mass is 35.5. The van der Waals surface area contributed by atoms with Crippen LogP contribution in [0.15, 0.2) is 30.3 Å². The second-order valence-electron chi connectivity index (χ2n) is 4.23. The van der Waals surface area contributed by atoms with Gasteiger partial charge >= 0.3 is 0 Å². The summed E-state index contributed by atoms with van der Waals surface area (Å²) in [5.74, 6) is -0.225. The fourth-order valence-corrected chi connectivity index (χ4v) is 2.45. The number of aromatic nitrogens is 2. The molecule has 0 spiro atoms. The van der Waals surface area contributed by atoms with Crippen molar-refractivity contribution in [2.24, 2.45) is 0 Å². The number of hydrogen-bond donors (Lipinski definition) is 1. The molecular weight excluding hydrogens is 296 g/mol. The number of para-hydroxylation sites is 1. The van der Waals surface area contributed by atoms with Gasteiger partial charge in [0.15, 0.2) is 0 Å². The third-order valence-electron chi connectivity index (χ3n) is 2.75. The lowest BCUT2D eigenvalue weighted by atomic mass is 10.3. The van der Waals surface area contributed by atoms with Crippen LogP contribution in [0.4, 0.5) is 5.69 Å². The summed E-state index contributed by atoms with van der Waals surface area (Å²) >= 11 is 6.71. The van der Waals surface area contributed by atoms with Crippen molar-refractivity contribution < 1.29 is 4.79 Å². The number of amides is 1. The smallest absolute Gasteiger partial charge is 0.282 e. The molecule has 1 amide bonds. The molecule has 0 unspecified atom stereocenters. The molecular formula is C13H15ClN4OS. The first-order chi connectivity index (χ1) is 9.66. The predicted octanol–water partition coefficient (Wildman–Crippen LogP) is 2.45. The highest BCUT2D eigenvalue weighted by Gasteiger charge is 2.11. The zero-order chi connectivity index (χ0) is 14.4.